The summed E-state index contributed by atoms with van der Waals surface area (Å²) in [5.41, 5.74) is -0.590. The number of hydrogen-bond acceptors (Lipinski definition) is 4. The molecule has 1 aromatic carbocycles. The van der Waals surface area contributed by atoms with Gasteiger partial charge in [0.2, 0.25) is 5.91 Å². The number of rotatable bonds is 2. The fourth-order valence-electron chi connectivity index (χ4n) is 3.14. The monoisotopic (exact) mass is 386 g/mol. The van der Waals surface area contributed by atoms with Gasteiger partial charge in [-0.25, -0.2) is 14.1 Å². The highest BCUT2D eigenvalue weighted by Crippen LogP contribution is 2.41. The van der Waals surface area contributed by atoms with Crippen LogP contribution in [0.5, 0.6) is 0 Å². The Morgan fingerprint density at radius 3 is 2.32 bits per heavy atom. The third-order valence-corrected chi connectivity index (χ3v) is 4.60. The molecule has 1 aliphatic rings. The number of anilines is 1. The molecule has 148 valence electrons. The average Bonchev–Trinajstić information content (AvgIpc) is 2.75. The van der Waals surface area contributed by atoms with Gasteiger partial charge in [-0.3, -0.25) is 9.59 Å². The number of ether oxygens (including phenoxy) is 1. The van der Waals surface area contributed by atoms with Gasteiger partial charge in [0, 0.05) is 12.3 Å². The summed E-state index contributed by atoms with van der Waals surface area (Å²) in [7, 11) is 0. The molecule has 7 heteroatoms. The van der Waals surface area contributed by atoms with Crippen molar-refractivity contribution < 1.29 is 18.7 Å². The number of imide groups is 1. The normalized spacial score (nSPS) is 15.5. The van der Waals surface area contributed by atoms with Crippen molar-refractivity contribution >= 4 is 17.7 Å². The van der Waals surface area contributed by atoms with Crippen LogP contribution < -0.4 is 10.5 Å². The van der Waals surface area contributed by atoms with Crippen molar-refractivity contribution in [1.29, 1.82) is 0 Å². The molecule has 0 saturated heterocycles. The van der Waals surface area contributed by atoms with E-state index in [-0.39, 0.29) is 17.9 Å². The lowest BCUT2D eigenvalue weighted by Crippen LogP contribution is -2.43. The first-order valence-electron chi connectivity index (χ1n) is 8.97. The second kappa shape index (κ2) is 6.58. The van der Waals surface area contributed by atoms with Crippen molar-refractivity contribution in [3.63, 3.8) is 0 Å². The number of pyridine rings is 1. The molecule has 0 bridgehead atoms. The Labute approximate surface area is 162 Å². The van der Waals surface area contributed by atoms with Gasteiger partial charge in [0.25, 0.3) is 5.56 Å². The number of fused-ring (bicyclic) bond motifs is 1. The van der Waals surface area contributed by atoms with E-state index >= 15 is 0 Å². The molecule has 0 unspecified atom stereocenters. The number of carbonyl (C=O) groups is 2. The molecule has 1 aliphatic heterocycles. The van der Waals surface area contributed by atoms with Crippen molar-refractivity contribution in [2.24, 2.45) is 0 Å². The van der Waals surface area contributed by atoms with Gasteiger partial charge >= 0.3 is 6.09 Å². The van der Waals surface area contributed by atoms with Crippen molar-refractivity contribution in [3.05, 3.63) is 63.8 Å². The van der Waals surface area contributed by atoms with Gasteiger partial charge in [-0.1, -0.05) is 12.1 Å². The Hall–Kier alpha value is -2.96. The first-order valence-corrected chi connectivity index (χ1v) is 8.97. The third kappa shape index (κ3) is 3.56. The minimum Gasteiger partial charge on any atom is -0.443 e. The molecule has 28 heavy (non-hydrogen) atoms. The van der Waals surface area contributed by atoms with Crippen LogP contribution in [0.4, 0.5) is 14.9 Å². The zero-order valence-corrected chi connectivity index (χ0v) is 16.6. The highest BCUT2D eigenvalue weighted by Gasteiger charge is 2.48. The number of aromatic nitrogens is 1. The van der Waals surface area contributed by atoms with Gasteiger partial charge in [0.15, 0.2) is 0 Å². The first-order chi connectivity index (χ1) is 12.9. The number of benzene rings is 1. The fraction of sp³-hybridized carbons (Fsp3) is 0.381. The molecule has 0 radical (unpaired) electrons. The summed E-state index contributed by atoms with van der Waals surface area (Å²) in [4.78, 5) is 39.1. The summed E-state index contributed by atoms with van der Waals surface area (Å²) in [6, 6.07) is 7.16. The van der Waals surface area contributed by atoms with Crippen LogP contribution in [-0.4, -0.2) is 22.2 Å². The van der Waals surface area contributed by atoms with E-state index < -0.39 is 23.0 Å². The maximum absolute atomic E-state index is 13.1. The predicted molar refractivity (Wildman–Crippen MR) is 103 cm³/mol. The Balaban J connectivity index is 2.05. The molecular weight excluding hydrogens is 363 g/mol. The van der Waals surface area contributed by atoms with Gasteiger partial charge in [-0.05, 0) is 57.9 Å². The maximum Gasteiger partial charge on any atom is 0.421 e. The fourth-order valence-corrected chi connectivity index (χ4v) is 3.14. The molecule has 2 heterocycles. The van der Waals surface area contributed by atoms with Crippen LogP contribution in [0.25, 0.3) is 0 Å². The van der Waals surface area contributed by atoms with Crippen LogP contribution in [0.15, 0.2) is 41.3 Å². The van der Waals surface area contributed by atoms with E-state index in [2.05, 4.69) is 0 Å². The van der Waals surface area contributed by atoms with Crippen LogP contribution in [-0.2, 0) is 21.5 Å². The van der Waals surface area contributed by atoms with Gasteiger partial charge in [-0.2, -0.15) is 0 Å². The number of carbonyl (C=O) groups excluding carboxylic acids is 2. The summed E-state index contributed by atoms with van der Waals surface area (Å²) >= 11 is 0. The Morgan fingerprint density at radius 1 is 1.14 bits per heavy atom. The molecule has 0 N–H and O–H groups in total. The second-order valence-corrected chi connectivity index (χ2v) is 8.41. The zero-order valence-electron chi connectivity index (χ0n) is 16.6. The molecule has 2 amide bonds. The number of amides is 2. The molecule has 0 atom stereocenters. The van der Waals surface area contributed by atoms with E-state index in [9.17, 15) is 18.8 Å². The van der Waals surface area contributed by atoms with Gasteiger partial charge < -0.3 is 9.30 Å². The topological polar surface area (TPSA) is 68.6 Å². The average molecular weight is 386 g/mol. The van der Waals surface area contributed by atoms with Crippen molar-refractivity contribution in [2.45, 2.75) is 52.2 Å². The predicted octanol–water partition coefficient (Wildman–Crippen LogP) is 3.60. The van der Waals surface area contributed by atoms with Gasteiger partial charge in [0.05, 0.1) is 17.6 Å². The molecule has 2 aromatic rings. The van der Waals surface area contributed by atoms with Crippen molar-refractivity contribution in [1.82, 2.24) is 4.57 Å². The largest absolute Gasteiger partial charge is 0.443 e. The lowest BCUT2D eigenvalue weighted by molar-refractivity contribution is -0.121. The highest BCUT2D eigenvalue weighted by molar-refractivity contribution is 6.20. The lowest BCUT2D eigenvalue weighted by Gasteiger charge is -2.24. The van der Waals surface area contributed by atoms with E-state index in [0.717, 1.165) is 10.5 Å². The minimum atomic E-state index is -1.03. The van der Waals surface area contributed by atoms with E-state index in [4.69, 9.17) is 4.74 Å². The highest BCUT2D eigenvalue weighted by atomic mass is 19.1. The number of nitrogens with zero attached hydrogens (tertiary/aromatic N) is 2. The van der Waals surface area contributed by atoms with Crippen LogP contribution in [0.3, 0.4) is 0 Å². The summed E-state index contributed by atoms with van der Waals surface area (Å²) in [6.07, 6.45) is 0.703. The smallest absolute Gasteiger partial charge is 0.421 e. The third-order valence-electron chi connectivity index (χ3n) is 4.60. The Bertz CT molecular complexity index is 1000. The second-order valence-electron chi connectivity index (χ2n) is 8.41. The Kier molecular flexibility index (Phi) is 4.65. The molecule has 0 fully saturated rings. The molecular formula is C21H23FN2O4. The van der Waals surface area contributed by atoms with E-state index in [0.29, 0.717) is 11.3 Å². The van der Waals surface area contributed by atoms with Crippen LogP contribution in [0, 0.1) is 5.82 Å². The summed E-state index contributed by atoms with van der Waals surface area (Å²) in [5, 5.41) is 0. The standard InChI is InChI=1S/C21H23FN2O4/c1-20(2,3)28-19(27)24-16-12-23(11-13-6-8-14(22)9-7-13)17(25)10-15(16)21(4,5)18(24)26/h6-10,12H,11H2,1-5H3. The summed E-state index contributed by atoms with van der Waals surface area (Å²) in [6.45, 7) is 8.67. The molecule has 3 rings (SSSR count). The maximum atomic E-state index is 13.1. The lowest BCUT2D eigenvalue weighted by atomic mass is 9.87. The quantitative estimate of drug-likeness (QED) is 0.791. The first kappa shape index (κ1) is 19.8. The number of halogens is 1. The Morgan fingerprint density at radius 2 is 1.75 bits per heavy atom. The molecule has 0 spiro atoms. The summed E-state index contributed by atoms with van der Waals surface area (Å²) < 4.78 is 19.9. The summed E-state index contributed by atoms with van der Waals surface area (Å²) in [5.74, 6) is -0.816. The molecule has 6 nitrogen and oxygen atoms in total. The van der Waals surface area contributed by atoms with E-state index in [1.54, 1.807) is 46.8 Å². The van der Waals surface area contributed by atoms with Crippen molar-refractivity contribution in [3.8, 4) is 0 Å². The van der Waals surface area contributed by atoms with E-state index in [1.165, 1.54) is 29.0 Å². The number of hydrogen-bond donors (Lipinski definition) is 0. The van der Waals surface area contributed by atoms with Crippen LogP contribution in [0.1, 0.15) is 45.7 Å². The molecule has 1 aromatic heterocycles. The zero-order chi connectivity index (χ0) is 20.9. The molecule has 0 aliphatic carbocycles. The SMILES string of the molecule is CC(C)(C)OC(=O)N1C(=O)C(C)(C)c2cc(=O)n(Cc3ccc(F)cc3)cc21. The van der Waals surface area contributed by atoms with Crippen molar-refractivity contribution in [2.75, 3.05) is 4.90 Å². The van der Waals surface area contributed by atoms with Crippen LogP contribution >= 0.6 is 0 Å². The molecule has 0 saturated carbocycles. The van der Waals surface area contributed by atoms with Gasteiger partial charge in [0.1, 0.15) is 11.4 Å². The van der Waals surface area contributed by atoms with Crippen LogP contribution in [0.2, 0.25) is 0 Å². The van der Waals surface area contributed by atoms with E-state index in [1.807, 2.05) is 0 Å². The minimum absolute atomic E-state index is 0.184. The van der Waals surface area contributed by atoms with Gasteiger partial charge in [-0.15, -0.1) is 0 Å².